The monoisotopic (exact) mass is 358 g/mol. The highest BCUT2D eigenvalue weighted by Gasteiger charge is 2.19. The third kappa shape index (κ3) is 3.69. The highest BCUT2D eigenvalue weighted by atomic mass is 32.1. The molecule has 0 bridgehead atoms. The summed E-state index contributed by atoms with van der Waals surface area (Å²) in [6, 6.07) is 3.52. The van der Waals surface area contributed by atoms with E-state index in [0.717, 1.165) is 21.5 Å². The number of carbonyl (C=O) groups excluding carboxylic acids is 2. The summed E-state index contributed by atoms with van der Waals surface area (Å²) in [5.74, 6) is 0.765. The molecule has 0 aliphatic carbocycles. The van der Waals surface area contributed by atoms with Crippen molar-refractivity contribution in [2.45, 2.75) is 27.3 Å². The Hall–Kier alpha value is -2.74. The molecule has 0 saturated heterocycles. The Morgan fingerprint density at radius 2 is 2.00 bits per heavy atom. The second-order valence-electron chi connectivity index (χ2n) is 5.63. The second-order valence-corrected chi connectivity index (χ2v) is 6.63. The number of carbonyl (C=O) groups is 2. The van der Waals surface area contributed by atoms with Crippen LogP contribution in [0.2, 0.25) is 0 Å². The van der Waals surface area contributed by atoms with Gasteiger partial charge in [0, 0.05) is 11.1 Å². The van der Waals surface area contributed by atoms with Gasteiger partial charge >= 0.3 is 0 Å². The van der Waals surface area contributed by atoms with Crippen molar-refractivity contribution in [1.82, 2.24) is 20.6 Å². The predicted molar refractivity (Wildman–Crippen MR) is 94.5 cm³/mol. The number of hydrogen-bond acceptors (Lipinski definition) is 6. The van der Waals surface area contributed by atoms with Crippen molar-refractivity contribution in [3.8, 4) is 0 Å². The fourth-order valence-corrected chi connectivity index (χ4v) is 3.79. The van der Waals surface area contributed by atoms with Crippen LogP contribution in [0.15, 0.2) is 22.8 Å². The summed E-state index contributed by atoms with van der Waals surface area (Å²) in [4.78, 5) is 34.3. The van der Waals surface area contributed by atoms with E-state index in [4.69, 9.17) is 4.42 Å². The van der Waals surface area contributed by atoms with Gasteiger partial charge in [0.2, 0.25) is 5.91 Å². The molecule has 0 fully saturated rings. The van der Waals surface area contributed by atoms with E-state index in [9.17, 15) is 9.59 Å². The lowest BCUT2D eigenvalue weighted by Gasteiger charge is -2.05. The van der Waals surface area contributed by atoms with Crippen LogP contribution in [-0.4, -0.2) is 28.3 Å². The molecule has 0 aliphatic heterocycles. The number of rotatable bonds is 5. The van der Waals surface area contributed by atoms with Crippen LogP contribution in [0.3, 0.4) is 0 Å². The van der Waals surface area contributed by atoms with Gasteiger partial charge < -0.3 is 15.1 Å². The van der Waals surface area contributed by atoms with Crippen LogP contribution in [0, 0.1) is 20.8 Å². The molecule has 0 radical (unpaired) electrons. The first-order chi connectivity index (χ1) is 12.0. The number of amides is 2. The lowest BCUT2D eigenvalue weighted by molar-refractivity contribution is -0.120. The molecule has 0 saturated carbocycles. The first-order valence-electron chi connectivity index (χ1n) is 7.77. The number of thiophene rings is 1. The molecule has 25 heavy (non-hydrogen) atoms. The largest absolute Gasteiger partial charge is 0.467 e. The van der Waals surface area contributed by atoms with E-state index in [1.807, 2.05) is 20.8 Å². The number of hydrogen-bond donors (Lipinski definition) is 2. The number of furan rings is 1. The maximum Gasteiger partial charge on any atom is 0.262 e. The van der Waals surface area contributed by atoms with E-state index in [1.165, 1.54) is 11.3 Å². The van der Waals surface area contributed by atoms with E-state index < -0.39 is 0 Å². The van der Waals surface area contributed by atoms with Gasteiger partial charge in [-0.2, -0.15) is 0 Å². The smallest absolute Gasteiger partial charge is 0.262 e. The highest BCUT2D eigenvalue weighted by molar-refractivity contribution is 7.20. The molecule has 3 heterocycles. The van der Waals surface area contributed by atoms with Crippen molar-refractivity contribution in [2.24, 2.45) is 0 Å². The van der Waals surface area contributed by atoms with Crippen molar-refractivity contribution < 1.29 is 14.0 Å². The lowest BCUT2D eigenvalue weighted by Crippen LogP contribution is -2.36. The van der Waals surface area contributed by atoms with Gasteiger partial charge in [0.25, 0.3) is 5.91 Å². The van der Waals surface area contributed by atoms with Crippen molar-refractivity contribution in [3.05, 3.63) is 46.1 Å². The molecule has 0 aromatic carbocycles. The molecule has 7 nitrogen and oxygen atoms in total. The summed E-state index contributed by atoms with van der Waals surface area (Å²) < 4.78 is 5.14. The number of aryl methyl sites for hydroxylation is 3. The van der Waals surface area contributed by atoms with Crippen LogP contribution in [0.1, 0.15) is 32.5 Å². The molecule has 0 aliphatic rings. The van der Waals surface area contributed by atoms with Gasteiger partial charge in [0.1, 0.15) is 16.4 Å². The van der Waals surface area contributed by atoms with E-state index in [-0.39, 0.29) is 24.9 Å². The van der Waals surface area contributed by atoms with Crippen LogP contribution in [-0.2, 0) is 11.3 Å². The van der Waals surface area contributed by atoms with Gasteiger partial charge in [-0.15, -0.1) is 11.3 Å². The van der Waals surface area contributed by atoms with Gasteiger partial charge in [-0.3, -0.25) is 9.59 Å². The Bertz CT molecular complexity index is 931. The molecule has 8 heteroatoms. The minimum Gasteiger partial charge on any atom is -0.467 e. The van der Waals surface area contributed by atoms with Crippen LogP contribution in [0.4, 0.5) is 0 Å². The summed E-state index contributed by atoms with van der Waals surface area (Å²) >= 11 is 1.31. The van der Waals surface area contributed by atoms with E-state index in [0.29, 0.717) is 16.5 Å². The van der Waals surface area contributed by atoms with Crippen molar-refractivity contribution in [2.75, 3.05) is 6.54 Å². The fraction of sp³-hybridized carbons (Fsp3) is 0.294. The average Bonchev–Trinajstić information content (AvgIpc) is 3.18. The zero-order valence-corrected chi connectivity index (χ0v) is 15.0. The molecular weight excluding hydrogens is 340 g/mol. The van der Waals surface area contributed by atoms with Crippen molar-refractivity contribution in [3.63, 3.8) is 0 Å². The zero-order chi connectivity index (χ0) is 18.0. The lowest BCUT2D eigenvalue weighted by atomic mass is 10.1. The molecule has 0 unspecified atom stereocenters. The van der Waals surface area contributed by atoms with E-state index >= 15 is 0 Å². The van der Waals surface area contributed by atoms with Gasteiger partial charge in [0.15, 0.2) is 0 Å². The Balaban J connectivity index is 1.65. The van der Waals surface area contributed by atoms with Crippen LogP contribution < -0.4 is 10.6 Å². The van der Waals surface area contributed by atoms with E-state index in [2.05, 4.69) is 20.6 Å². The number of nitrogens with one attached hydrogen (secondary N) is 2. The van der Waals surface area contributed by atoms with Gasteiger partial charge in [-0.25, -0.2) is 9.97 Å². The predicted octanol–water partition coefficient (Wildman–Crippen LogP) is 2.26. The molecule has 2 amide bonds. The maximum atomic E-state index is 12.4. The quantitative estimate of drug-likeness (QED) is 0.729. The molecule has 0 atom stereocenters. The van der Waals surface area contributed by atoms with E-state index in [1.54, 1.807) is 18.4 Å². The molecule has 3 aromatic heterocycles. The average molecular weight is 358 g/mol. The Morgan fingerprint density at radius 1 is 1.20 bits per heavy atom. The molecule has 130 valence electrons. The van der Waals surface area contributed by atoms with Crippen LogP contribution >= 0.6 is 11.3 Å². The van der Waals surface area contributed by atoms with Gasteiger partial charge in [-0.1, -0.05) is 0 Å². The van der Waals surface area contributed by atoms with Gasteiger partial charge in [-0.05, 0) is 38.5 Å². The summed E-state index contributed by atoms with van der Waals surface area (Å²) in [5.41, 5.74) is 1.69. The van der Waals surface area contributed by atoms with Gasteiger partial charge in [0.05, 0.1) is 24.2 Å². The Labute approximate surface area is 148 Å². The maximum absolute atomic E-state index is 12.4. The molecule has 3 rings (SSSR count). The first kappa shape index (κ1) is 17.1. The standard InChI is InChI=1S/C17H18N4O3S/c1-9-14-10(2)20-11(3)21-17(14)25-15(9)16(23)19-8-13(22)18-7-12-5-4-6-24-12/h4-6H,7-8H2,1-3H3,(H,18,22)(H,19,23). The number of nitrogens with zero attached hydrogens (tertiary/aromatic N) is 2. The van der Waals surface area contributed by atoms with Crippen LogP contribution in [0.5, 0.6) is 0 Å². The third-order valence-corrected chi connectivity index (χ3v) is 4.92. The molecule has 0 spiro atoms. The summed E-state index contributed by atoms with van der Waals surface area (Å²) in [6.07, 6.45) is 1.54. The Morgan fingerprint density at radius 3 is 2.72 bits per heavy atom. The summed E-state index contributed by atoms with van der Waals surface area (Å²) in [7, 11) is 0. The zero-order valence-electron chi connectivity index (χ0n) is 14.2. The van der Waals surface area contributed by atoms with Crippen LogP contribution in [0.25, 0.3) is 10.2 Å². The SMILES string of the molecule is Cc1nc(C)c2c(C)c(C(=O)NCC(=O)NCc3ccco3)sc2n1. The second kappa shape index (κ2) is 7.02. The first-order valence-corrected chi connectivity index (χ1v) is 8.59. The summed E-state index contributed by atoms with van der Waals surface area (Å²) in [5, 5.41) is 6.23. The number of fused-ring (bicyclic) bond motifs is 1. The molecule has 3 aromatic rings. The minimum absolute atomic E-state index is 0.100. The fourth-order valence-electron chi connectivity index (χ4n) is 2.59. The van der Waals surface area contributed by atoms with Crippen molar-refractivity contribution >= 4 is 33.4 Å². The number of aromatic nitrogens is 2. The normalized spacial score (nSPS) is 10.8. The molecule has 2 N–H and O–H groups in total. The summed E-state index contributed by atoms with van der Waals surface area (Å²) in [6.45, 7) is 5.79. The Kier molecular flexibility index (Phi) is 4.80. The third-order valence-electron chi connectivity index (χ3n) is 3.74. The molecular formula is C17H18N4O3S. The minimum atomic E-state index is -0.286. The highest BCUT2D eigenvalue weighted by Crippen LogP contribution is 2.31. The van der Waals surface area contributed by atoms with Crippen molar-refractivity contribution in [1.29, 1.82) is 0 Å². The topological polar surface area (TPSA) is 97.1 Å².